The summed E-state index contributed by atoms with van der Waals surface area (Å²) in [6, 6.07) is 2.11. The first-order chi connectivity index (χ1) is 13.2. The van der Waals surface area contributed by atoms with Gasteiger partial charge < -0.3 is 9.88 Å². The zero-order valence-corrected chi connectivity index (χ0v) is 17.2. The SMILES string of the molecule is CSc1nnc(CCCNC(=O)c2cc(F)c(C)c([N+](=O)[O-])c2)n1CC(C)C. The maximum absolute atomic E-state index is 13.9. The van der Waals surface area contributed by atoms with Gasteiger partial charge in [0.1, 0.15) is 11.6 Å². The highest BCUT2D eigenvalue weighted by molar-refractivity contribution is 7.98. The van der Waals surface area contributed by atoms with Crippen molar-refractivity contribution in [2.75, 3.05) is 12.8 Å². The van der Waals surface area contributed by atoms with Crippen LogP contribution >= 0.6 is 11.8 Å². The molecule has 0 unspecified atom stereocenters. The fourth-order valence-electron chi connectivity index (χ4n) is 2.74. The van der Waals surface area contributed by atoms with Gasteiger partial charge in [0, 0.05) is 31.1 Å². The number of amides is 1. The van der Waals surface area contributed by atoms with Gasteiger partial charge in [-0.25, -0.2) is 4.39 Å². The van der Waals surface area contributed by atoms with Crippen LogP contribution in [0.1, 0.15) is 42.0 Å². The predicted molar refractivity (Wildman–Crippen MR) is 105 cm³/mol. The van der Waals surface area contributed by atoms with Crippen molar-refractivity contribution in [2.45, 2.75) is 45.3 Å². The van der Waals surface area contributed by atoms with Crippen LogP contribution in [0.3, 0.4) is 0 Å². The molecule has 1 amide bonds. The first-order valence-electron chi connectivity index (χ1n) is 8.93. The summed E-state index contributed by atoms with van der Waals surface area (Å²) in [5.74, 6) is -0.0157. The molecule has 0 bridgehead atoms. The minimum Gasteiger partial charge on any atom is -0.352 e. The summed E-state index contributed by atoms with van der Waals surface area (Å²) in [6.45, 7) is 6.70. The van der Waals surface area contributed by atoms with Crippen LogP contribution in [0.4, 0.5) is 10.1 Å². The van der Waals surface area contributed by atoms with Crippen LogP contribution in [0.15, 0.2) is 17.3 Å². The van der Waals surface area contributed by atoms with Crippen LogP contribution in [-0.2, 0) is 13.0 Å². The van der Waals surface area contributed by atoms with E-state index in [1.54, 1.807) is 0 Å². The number of hydrogen-bond donors (Lipinski definition) is 1. The smallest absolute Gasteiger partial charge is 0.276 e. The summed E-state index contributed by atoms with van der Waals surface area (Å²) in [6.07, 6.45) is 3.19. The Morgan fingerprint density at radius 2 is 2.11 bits per heavy atom. The van der Waals surface area contributed by atoms with Gasteiger partial charge in [-0.2, -0.15) is 0 Å². The molecule has 28 heavy (non-hydrogen) atoms. The lowest BCUT2D eigenvalue weighted by molar-refractivity contribution is -0.385. The summed E-state index contributed by atoms with van der Waals surface area (Å²) < 4.78 is 15.9. The van der Waals surface area contributed by atoms with E-state index in [2.05, 4.69) is 33.9 Å². The second-order valence-electron chi connectivity index (χ2n) is 6.83. The van der Waals surface area contributed by atoms with Gasteiger partial charge >= 0.3 is 0 Å². The number of halogens is 1. The van der Waals surface area contributed by atoms with Gasteiger partial charge in [-0.05, 0) is 31.6 Å². The molecule has 0 atom stereocenters. The Labute approximate surface area is 167 Å². The van der Waals surface area contributed by atoms with E-state index in [9.17, 15) is 19.3 Å². The van der Waals surface area contributed by atoms with E-state index in [0.29, 0.717) is 25.3 Å². The van der Waals surface area contributed by atoms with Crippen molar-refractivity contribution in [3.8, 4) is 0 Å². The van der Waals surface area contributed by atoms with E-state index in [1.165, 1.54) is 18.7 Å². The molecule has 1 aromatic carbocycles. The maximum atomic E-state index is 13.9. The van der Waals surface area contributed by atoms with Crippen molar-refractivity contribution in [3.63, 3.8) is 0 Å². The molecule has 0 aliphatic rings. The third-order valence-corrected chi connectivity index (χ3v) is 4.83. The number of nitro benzene ring substituents is 1. The Bertz CT molecular complexity index is 869. The normalized spacial score (nSPS) is 11.1. The molecule has 1 aromatic heterocycles. The molecule has 1 N–H and O–H groups in total. The highest BCUT2D eigenvalue weighted by Gasteiger charge is 2.19. The van der Waals surface area contributed by atoms with Crippen molar-refractivity contribution >= 4 is 23.4 Å². The van der Waals surface area contributed by atoms with E-state index in [0.717, 1.165) is 29.7 Å². The molecule has 8 nitrogen and oxygen atoms in total. The van der Waals surface area contributed by atoms with Crippen LogP contribution in [0.5, 0.6) is 0 Å². The van der Waals surface area contributed by atoms with Crippen LogP contribution in [0.2, 0.25) is 0 Å². The number of hydrogen-bond acceptors (Lipinski definition) is 6. The van der Waals surface area contributed by atoms with Gasteiger partial charge in [-0.3, -0.25) is 14.9 Å². The van der Waals surface area contributed by atoms with Crippen molar-refractivity contribution in [3.05, 3.63) is 45.0 Å². The highest BCUT2D eigenvalue weighted by atomic mass is 32.2. The number of nitrogens with zero attached hydrogens (tertiary/aromatic N) is 4. The van der Waals surface area contributed by atoms with Crippen molar-refractivity contribution in [1.82, 2.24) is 20.1 Å². The maximum Gasteiger partial charge on any atom is 0.276 e. The second kappa shape index (κ2) is 9.63. The molecule has 2 aromatic rings. The number of aromatic nitrogens is 3. The quantitative estimate of drug-likeness (QED) is 0.295. The molecule has 0 aliphatic heterocycles. The lowest BCUT2D eigenvalue weighted by Gasteiger charge is -2.12. The van der Waals surface area contributed by atoms with Crippen LogP contribution < -0.4 is 5.32 Å². The van der Waals surface area contributed by atoms with E-state index in [1.807, 2.05) is 6.26 Å². The van der Waals surface area contributed by atoms with Crippen molar-refractivity contribution in [1.29, 1.82) is 0 Å². The largest absolute Gasteiger partial charge is 0.352 e. The average Bonchev–Trinajstić information content (AvgIpc) is 3.01. The Kier molecular flexibility index (Phi) is 7.50. The average molecular weight is 409 g/mol. The van der Waals surface area contributed by atoms with Crippen molar-refractivity contribution < 1.29 is 14.1 Å². The zero-order chi connectivity index (χ0) is 20.8. The number of rotatable bonds is 9. The summed E-state index contributed by atoms with van der Waals surface area (Å²) in [5.41, 5.74) is -0.561. The number of carbonyl (C=O) groups excluding carboxylic acids is 1. The van der Waals surface area contributed by atoms with Gasteiger partial charge in [0.2, 0.25) is 0 Å². The molecule has 0 spiro atoms. The molecule has 10 heteroatoms. The molecule has 0 radical (unpaired) electrons. The molecule has 0 aliphatic carbocycles. The number of thioether (sulfide) groups is 1. The molecular weight excluding hydrogens is 385 g/mol. The van der Waals surface area contributed by atoms with Gasteiger partial charge in [-0.1, -0.05) is 25.6 Å². The first kappa shape index (κ1) is 21.8. The predicted octanol–water partition coefficient (Wildman–Crippen LogP) is 3.37. The summed E-state index contributed by atoms with van der Waals surface area (Å²) in [5, 5.41) is 22.9. The lowest BCUT2D eigenvalue weighted by Crippen LogP contribution is -2.25. The van der Waals surface area contributed by atoms with E-state index < -0.39 is 22.3 Å². The number of aryl methyl sites for hydroxylation is 1. The topological polar surface area (TPSA) is 103 Å². The first-order valence-corrected chi connectivity index (χ1v) is 10.2. The standard InChI is InChI=1S/C18H24FN5O3S/c1-11(2)10-23-16(21-22-18(23)28-4)6-5-7-20-17(25)13-8-14(19)12(3)15(9-13)24(26)27/h8-9,11H,5-7,10H2,1-4H3,(H,20,25). The number of benzene rings is 1. The van der Waals surface area contributed by atoms with Gasteiger partial charge in [0.25, 0.3) is 11.6 Å². The second-order valence-corrected chi connectivity index (χ2v) is 7.60. The van der Waals surface area contributed by atoms with E-state index in [-0.39, 0.29) is 11.1 Å². The fourth-order valence-corrected chi connectivity index (χ4v) is 3.26. The number of carbonyl (C=O) groups is 1. The zero-order valence-electron chi connectivity index (χ0n) is 16.4. The molecule has 1 heterocycles. The fraction of sp³-hybridized carbons (Fsp3) is 0.500. The van der Waals surface area contributed by atoms with Gasteiger partial charge in [0.15, 0.2) is 5.16 Å². The molecule has 0 saturated carbocycles. The van der Waals surface area contributed by atoms with Crippen LogP contribution in [0, 0.1) is 28.8 Å². The third kappa shape index (κ3) is 5.28. The Balaban J connectivity index is 1.97. The molecule has 2 rings (SSSR count). The van der Waals surface area contributed by atoms with Gasteiger partial charge in [0.05, 0.1) is 10.5 Å². The highest BCUT2D eigenvalue weighted by Crippen LogP contribution is 2.22. The minimum absolute atomic E-state index is 0.0672. The summed E-state index contributed by atoms with van der Waals surface area (Å²) >= 11 is 1.53. The van der Waals surface area contributed by atoms with Gasteiger partial charge in [-0.15, -0.1) is 10.2 Å². The van der Waals surface area contributed by atoms with E-state index >= 15 is 0 Å². The molecule has 0 fully saturated rings. The Morgan fingerprint density at radius 3 is 2.71 bits per heavy atom. The lowest BCUT2D eigenvalue weighted by atomic mass is 10.1. The Hall–Kier alpha value is -2.49. The van der Waals surface area contributed by atoms with Crippen molar-refractivity contribution in [2.24, 2.45) is 5.92 Å². The monoisotopic (exact) mass is 409 g/mol. The Morgan fingerprint density at radius 1 is 1.39 bits per heavy atom. The summed E-state index contributed by atoms with van der Waals surface area (Å²) in [4.78, 5) is 22.5. The molecule has 152 valence electrons. The number of nitrogens with one attached hydrogen (secondary N) is 1. The van der Waals surface area contributed by atoms with Crippen LogP contribution in [0.25, 0.3) is 0 Å². The summed E-state index contributed by atoms with van der Waals surface area (Å²) in [7, 11) is 0. The third-order valence-electron chi connectivity index (χ3n) is 4.16. The van der Waals surface area contributed by atoms with Crippen LogP contribution in [-0.4, -0.2) is 38.4 Å². The molecular formula is C18H24FN5O3S. The number of nitro groups is 1. The minimum atomic E-state index is -0.772. The van der Waals surface area contributed by atoms with E-state index in [4.69, 9.17) is 0 Å². The molecule has 0 saturated heterocycles.